The molecule has 0 aliphatic carbocycles. The summed E-state index contributed by atoms with van der Waals surface area (Å²) in [6.07, 6.45) is 3.49. The van der Waals surface area contributed by atoms with E-state index in [0.29, 0.717) is 11.7 Å². The number of thiocarbonyl (C=S) groups is 1. The molecule has 2 aromatic rings. The zero-order valence-corrected chi connectivity index (χ0v) is 14.2. The average Bonchev–Trinajstić information content (AvgIpc) is 2.59. The van der Waals surface area contributed by atoms with Crippen LogP contribution in [0.15, 0.2) is 61.2 Å². The second-order valence-electron chi connectivity index (χ2n) is 5.24. The fourth-order valence-corrected chi connectivity index (χ4v) is 2.36. The van der Waals surface area contributed by atoms with Crippen LogP contribution in [0.5, 0.6) is 5.75 Å². The molecule has 0 radical (unpaired) electrons. The van der Waals surface area contributed by atoms with Crippen molar-refractivity contribution in [2.24, 2.45) is 0 Å². The van der Waals surface area contributed by atoms with Crippen molar-refractivity contribution in [2.75, 3.05) is 18.5 Å². The number of halogens is 1. The van der Waals surface area contributed by atoms with E-state index in [-0.39, 0.29) is 5.82 Å². The van der Waals surface area contributed by atoms with Crippen molar-refractivity contribution in [1.82, 2.24) is 5.32 Å². The maximum Gasteiger partial charge on any atom is 0.170 e. The number of hydrogen-bond donors (Lipinski definition) is 2. The monoisotopic (exact) mass is 344 g/mol. The summed E-state index contributed by atoms with van der Waals surface area (Å²) in [5.41, 5.74) is 1.98. The second kappa shape index (κ2) is 9.67. The lowest BCUT2D eigenvalue weighted by molar-refractivity contribution is 0.363. The number of benzene rings is 2. The third kappa shape index (κ3) is 6.38. The smallest absolute Gasteiger partial charge is 0.170 e. The molecule has 0 saturated carbocycles. The highest BCUT2D eigenvalue weighted by atomic mass is 32.1. The zero-order chi connectivity index (χ0) is 17.2. The molecule has 2 aromatic carbocycles. The van der Waals surface area contributed by atoms with Crippen LogP contribution in [0.1, 0.15) is 12.0 Å². The van der Waals surface area contributed by atoms with Crippen molar-refractivity contribution in [3.8, 4) is 5.75 Å². The Bertz CT molecular complexity index is 673. The van der Waals surface area contributed by atoms with Gasteiger partial charge in [0, 0.05) is 18.3 Å². The third-order valence-corrected chi connectivity index (χ3v) is 3.55. The minimum absolute atomic E-state index is 0.207. The van der Waals surface area contributed by atoms with E-state index in [1.54, 1.807) is 18.2 Å². The first-order valence-electron chi connectivity index (χ1n) is 7.80. The average molecular weight is 344 g/mol. The molecule has 0 heterocycles. The van der Waals surface area contributed by atoms with Crippen molar-refractivity contribution in [3.63, 3.8) is 0 Å². The van der Waals surface area contributed by atoms with Crippen LogP contribution in [-0.4, -0.2) is 18.3 Å². The molecule has 0 saturated heterocycles. The van der Waals surface area contributed by atoms with Gasteiger partial charge in [-0.15, -0.1) is 0 Å². The van der Waals surface area contributed by atoms with Gasteiger partial charge in [0.2, 0.25) is 0 Å². The van der Waals surface area contributed by atoms with E-state index in [2.05, 4.69) is 17.2 Å². The van der Waals surface area contributed by atoms with Gasteiger partial charge in [-0.25, -0.2) is 4.39 Å². The molecular weight excluding hydrogens is 323 g/mol. The number of ether oxygens (including phenoxy) is 1. The Morgan fingerprint density at radius 2 is 2.00 bits per heavy atom. The van der Waals surface area contributed by atoms with Crippen LogP contribution in [0.25, 0.3) is 0 Å². The number of nitrogens with one attached hydrogen (secondary N) is 2. The van der Waals surface area contributed by atoms with Crippen LogP contribution >= 0.6 is 12.2 Å². The number of hydrogen-bond acceptors (Lipinski definition) is 2. The fourth-order valence-electron chi connectivity index (χ4n) is 2.14. The largest absolute Gasteiger partial charge is 0.489 e. The van der Waals surface area contributed by atoms with Crippen LogP contribution in [0.4, 0.5) is 10.1 Å². The molecule has 0 aliphatic rings. The molecule has 0 fully saturated rings. The lowest BCUT2D eigenvalue weighted by Gasteiger charge is -2.11. The molecular formula is C19H21FN2OS. The van der Waals surface area contributed by atoms with Crippen LogP contribution in [-0.2, 0) is 6.42 Å². The molecule has 126 valence electrons. The minimum atomic E-state index is -0.207. The van der Waals surface area contributed by atoms with Gasteiger partial charge in [0.05, 0.1) is 0 Å². The minimum Gasteiger partial charge on any atom is -0.489 e. The molecule has 0 bridgehead atoms. The molecule has 5 heteroatoms. The quantitative estimate of drug-likeness (QED) is 0.425. The van der Waals surface area contributed by atoms with E-state index in [9.17, 15) is 4.39 Å². The Balaban J connectivity index is 1.71. The van der Waals surface area contributed by atoms with E-state index >= 15 is 0 Å². The molecule has 0 aliphatic heterocycles. The second-order valence-corrected chi connectivity index (χ2v) is 5.65. The summed E-state index contributed by atoms with van der Waals surface area (Å²) in [4.78, 5) is 0. The van der Waals surface area contributed by atoms with Gasteiger partial charge in [-0.2, -0.15) is 0 Å². The number of aryl methyl sites for hydroxylation is 1. The summed E-state index contributed by atoms with van der Waals surface area (Å²) in [6.45, 7) is 4.84. The molecule has 2 rings (SSSR count). The van der Waals surface area contributed by atoms with Gasteiger partial charge in [-0.1, -0.05) is 30.9 Å². The Morgan fingerprint density at radius 1 is 1.21 bits per heavy atom. The van der Waals surface area contributed by atoms with Crippen LogP contribution in [0.3, 0.4) is 0 Å². The summed E-state index contributed by atoms with van der Waals surface area (Å²) in [5.74, 6) is 0.556. The van der Waals surface area contributed by atoms with Crippen molar-refractivity contribution in [1.29, 1.82) is 0 Å². The van der Waals surface area contributed by atoms with Gasteiger partial charge >= 0.3 is 0 Å². The fraction of sp³-hybridized carbons (Fsp3) is 0.211. The molecule has 0 amide bonds. The van der Waals surface area contributed by atoms with E-state index in [0.717, 1.165) is 36.4 Å². The highest BCUT2D eigenvalue weighted by molar-refractivity contribution is 7.80. The Labute approximate surface area is 147 Å². The summed E-state index contributed by atoms with van der Waals surface area (Å²) in [6, 6.07) is 14.2. The summed E-state index contributed by atoms with van der Waals surface area (Å²) in [5, 5.41) is 6.86. The van der Waals surface area contributed by atoms with Gasteiger partial charge in [0.25, 0.3) is 0 Å². The van der Waals surface area contributed by atoms with Gasteiger partial charge in [-0.05, 0) is 54.9 Å². The highest BCUT2D eigenvalue weighted by Gasteiger charge is 2.00. The maximum absolute atomic E-state index is 12.8. The van der Waals surface area contributed by atoms with Crippen LogP contribution < -0.4 is 15.4 Å². The first-order valence-corrected chi connectivity index (χ1v) is 8.21. The molecule has 3 nitrogen and oxygen atoms in total. The van der Waals surface area contributed by atoms with Crippen LogP contribution in [0.2, 0.25) is 0 Å². The van der Waals surface area contributed by atoms with Gasteiger partial charge in [0.1, 0.15) is 18.2 Å². The summed E-state index contributed by atoms with van der Waals surface area (Å²) < 4.78 is 18.3. The summed E-state index contributed by atoms with van der Waals surface area (Å²) in [7, 11) is 0. The van der Waals surface area contributed by atoms with Gasteiger partial charge in [-0.3, -0.25) is 0 Å². The maximum atomic E-state index is 12.8. The first kappa shape index (κ1) is 17.9. The SMILES string of the molecule is C=CCOc1cccc(NC(=S)NCCCc2ccc(F)cc2)c1. The van der Waals surface area contributed by atoms with Crippen molar-refractivity contribution in [3.05, 3.63) is 72.6 Å². The van der Waals surface area contributed by atoms with Crippen molar-refractivity contribution < 1.29 is 9.13 Å². The molecule has 24 heavy (non-hydrogen) atoms. The predicted octanol–water partition coefficient (Wildman–Crippen LogP) is 4.31. The number of rotatable bonds is 8. The molecule has 0 atom stereocenters. The Kier molecular flexibility index (Phi) is 7.23. The highest BCUT2D eigenvalue weighted by Crippen LogP contribution is 2.17. The molecule has 0 aromatic heterocycles. The standard InChI is InChI=1S/C19H21FN2OS/c1-2-13-23-18-7-3-6-17(14-18)22-19(24)21-12-4-5-15-8-10-16(20)11-9-15/h2-3,6-11,14H,1,4-5,12-13H2,(H2,21,22,24). The van der Waals surface area contributed by atoms with E-state index in [1.807, 2.05) is 24.3 Å². The summed E-state index contributed by atoms with van der Waals surface area (Å²) >= 11 is 5.29. The third-order valence-electron chi connectivity index (χ3n) is 3.30. The van der Waals surface area contributed by atoms with Gasteiger partial charge in [0.15, 0.2) is 5.11 Å². The Hall–Kier alpha value is -2.40. The van der Waals surface area contributed by atoms with E-state index in [4.69, 9.17) is 17.0 Å². The zero-order valence-electron chi connectivity index (χ0n) is 13.4. The lowest BCUT2D eigenvalue weighted by atomic mass is 10.1. The normalized spacial score (nSPS) is 10.0. The Morgan fingerprint density at radius 3 is 2.75 bits per heavy atom. The molecule has 0 unspecified atom stereocenters. The lowest BCUT2D eigenvalue weighted by Crippen LogP contribution is -2.29. The first-order chi connectivity index (χ1) is 11.7. The van der Waals surface area contributed by atoms with E-state index in [1.165, 1.54) is 12.1 Å². The van der Waals surface area contributed by atoms with E-state index < -0.39 is 0 Å². The van der Waals surface area contributed by atoms with Crippen molar-refractivity contribution in [2.45, 2.75) is 12.8 Å². The van der Waals surface area contributed by atoms with Crippen molar-refractivity contribution >= 4 is 23.0 Å². The van der Waals surface area contributed by atoms with Gasteiger partial charge < -0.3 is 15.4 Å². The predicted molar refractivity (Wildman–Crippen MR) is 101 cm³/mol. The number of anilines is 1. The topological polar surface area (TPSA) is 33.3 Å². The molecule has 0 spiro atoms. The van der Waals surface area contributed by atoms with Crippen LogP contribution in [0, 0.1) is 5.82 Å². The molecule has 2 N–H and O–H groups in total.